The Balaban J connectivity index is 1.78. The van der Waals surface area contributed by atoms with Gasteiger partial charge in [0.2, 0.25) is 10.0 Å². The van der Waals surface area contributed by atoms with E-state index in [2.05, 4.69) is 10.0 Å². The molecule has 0 heterocycles. The molecule has 3 aromatic rings. The molecule has 0 bridgehead atoms. The molecule has 3 rings (SSSR count). The highest BCUT2D eigenvalue weighted by Gasteiger charge is 2.19. The molecule has 0 aliphatic rings. The van der Waals surface area contributed by atoms with Gasteiger partial charge in [-0.05, 0) is 47.9 Å². The smallest absolute Gasteiger partial charge is 0.255 e. The minimum Gasteiger partial charge on any atom is -0.545 e. The van der Waals surface area contributed by atoms with E-state index in [-0.39, 0.29) is 22.6 Å². The van der Waals surface area contributed by atoms with Gasteiger partial charge in [0, 0.05) is 17.8 Å². The SMILES string of the molecule is Cc1ccc(C(=O)Nc2ccc(C(=O)[O-])cc2)cc1S(=O)(=O)NCc1ccccc1. The van der Waals surface area contributed by atoms with Gasteiger partial charge in [0.15, 0.2) is 0 Å². The summed E-state index contributed by atoms with van der Waals surface area (Å²) in [6, 6.07) is 19.0. The number of carboxylic acid groups (broad SMARTS) is 1. The average Bonchev–Trinajstić information content (AvgIpc) is 2.73. The van der Waals surface area contributed by atoms with Crippen LogP contribution in [0.25, 0.3) is 0 Å². The molecule has 0 aliphatic heterocycles. The van der Waals surface area contributed by atoms with E-state index in [1.807, 2.05) is 30.3 Å². The van der Waals surface area contributed by atoms with Crippen molar-refractivity contribution in [1.82, 2.24) is 4.72 Å². The molecule has 2 N–H and O–H groups in total. The van der Waals surface area contributed by atoms with Gasteiger partial charge >= 0.3 is 0 Å². The zero-order valence-electron chi connectivity index (χ0n) is 16.1. The number of nitrogens with one attached hydrogen (secondary N) is 2. The summed E-state index contributed by atoms with van der Waals surface area (Å²) in [6.07, 6.45) is 0. The van der Waals surface area contributed by atoms with E-state index in [0.717, 1.165) is 5.56 Å². The number of amides is 1. The number of aromatic carboxylic acids is 1. The Kier molecular flexibility index (Phi) is 6.29. The third-order valence-electron chi connectivity index (χ3n) is 4.43. The van der Waals surface area contributed by atoms with Crippen molar-refractivity contribution in [2.24, 2.45) is 0 Å². The van der Waals surface area contributed by atoms with Crippen molar-refractivity contribution in [3.05, 3.63) is 95.1 Å². The number of hydrogen-bond acceptors (Lipinski definition) is 5. The standard InChI is InChI=1S/C22H20N2O5S/c1-15-7-8-18(21(25)24-19-11-9-17(10-12-19)22(26)27)13-20(15)30(28,29)23-14-16-5-3-2-4-6-16/h2-13,23H,14H2,1H3,(H,24,25)(H,26,27)/p-1. The Hall–Kier alpha value is -3.49. The Morgan fingerprint density at radius 3 is 2.17 bits per heavy atom. The minimum absolute atomic E-state index is 0.0124. The van der Waals surface area contributed by atoms with E-state index >= 15 is 0 Å². The molecular weight excluding hydrogens is 404 g/mol. The van der Waals surface area contributed by atoms with E-state index in [1.165, 1.54) is 36.4 Å². The van der Waals surface area contributed by atoms with Gasteiger partial charge in [-0.3, -0.25) is 4.79 Å². The molecule has 0 fully saturated rings. The van der Waals surface area contributed by atoms with Gasteiger partial charge < -0.3 is 15.2 Å². The predicted octanol–water partition coefficient (Wildman–Crippen LogP) is 2.09. The molecule has 154 valence electrons. The van der Waals surface area contributed by atoms with Crippen LogP contribution in [0.2, 0.25) is 0 Å². The van der Waals surface area contributed by atoms with Crippen molar-refractivity contribution >= 4 is 27.6 Å². The van der Waals surface area contributed by atoms with Gasteiger partial charge in [-0.25, -0.2) is 13.1 Å². The van der Waals surface area contributed by atoms with Gasteiger partial charge in [-0.15, -0.1) is 0 Å². The minimum atomic E-state index is -3.84. The van der Waals surface area contributed by atoms with Gasteiger partial charge in [-0.2, -0.15) is 0 Å². The molecule has 7 nitrogen and oxygen atoms in total. The normalized spacial score (nSPS) is 11.1. The molecule has 1 amide bonds. The first-order valence-corrected chi connectivity index (χ1v) is 10.5. The molecule has 0 aliphatic carbocycles. The second kappa shape index (κ2) is 8.89. The van der Waals surface area contributed by atoms with Gasteiger partial charge in [-0.1, -0.05) is 48.5 Å². The second-order valence-electron chi connectivity index (χ2n) is 6.61. The fourth-order valence-corrected chi connectivity index (χ4v) is 4.06. The molecule has 0 spiro atoms. The number of aryl methyl sites for hydroxylation is 1. The van der Waals surface area contributed by atoms with Crippen LogP contribution in [0.1, 0.15) is 31.8 Å². The summed E-state index contributed by atoms with van der Waals surface area (Å²) >= 11 is 0. The Bertz CT molecular complexity index is 1170. The highest BCUT2D eigenvalue weighted by atomic mass is 32.2. The fraction of sp³-hybridized carbons (Fsp3) is 0.0909. The van der Waals surface area contributed by atoms with E-state index in [4.69, 9.17) is 0 Å². The van der Waals surface area contributed by atoms with Crippen molar-refractivity contribution in [2.75, 3.05) is 5.32 Å². The quantitative estimate of drug-likeness (QED) is 0.604. The van der Waals surface area contributed by atoms with Crippen LogP contribution < -0.4 is 15.1 Å². The lowest BCUT2D eigenvalue weighted by atomic mass is 10.1. The summed E-state index contributed by atoms with van der Waals surface area (Å²) in [5.74, 6) is -1.83. The zero-order chi connectivity index (χ0) is 21.7. The van der Waals surface area contributed by atoms with Crippen LogP contribution >= 0.6 is 0 Å². The number of carbonyl (C=O) groups excluding carboxylic acids is 2. The number of hydrogen-bond donors (Lipinski definition) is 2. The monoisotopic (exact) mass is 423 g/mol. The van der Waals surface area contributed by atoms with Crippen LogP contribution in [0.3, 0.4) is 0 Å². The maximum Gasteiger partial charge on any atom is 0.255 e. The first kappa shape index (κ1) is 21.2. The van der Waals surface area contributed by atoms with Crippen molar-refractivity contribution in [1.29, 1.82) is 0 Å². The number of carboxylic acids is 1. The van der Waals surface area contributed by atoms with Gasteiger partial charge in [0.1, 0.15) is 0 Å². The average molecular weight is 423 g/mol. The van der Waals surface area contributed by atoms with E-state index in [1.54, 1.807) is 13.0 Å². The largest absolute Gasteiger partial charge is 0.545 e. The number of sulfonamides is 1. The van der Waals surface area contributed by atoms with Crippen molar-refractivity contribution in [3.8, 4) is 0 Å². The van der Waals surface area contributed by atoms with Crippen LogP contribution in [0.5, 0.6) is 0 Å². The molecule has 30 heavy (non-hydrogen) atoms. The zero-order valence-corrected chi connectivity index (χ0v) is 16.9. The lowest BCUT2D eigenvalue weighted by Gasteiger charge is -2.12. The van der Waals surface area contributed by atoms with Gasteiger partial charge in [0.25, 0.3) is 5.91 Å². The maximum absolute atomic E-state index is 12.8. The first-order valence-electron chi connectivity index (χ1n) is 9.03. The summed E-state index contributed by atoms with van der Waals surface area (Å²) in [5.41, 5.74) is 1.83. The van der Waals surface area contributed by atoms with Crippen LogP contribution in [-0.4, -0.2) is 20.3 Å². The highest BCUT2D eigenvalue weighted by Crippen LogP contribution is 2.19. The van der Waals surface area contributed by atoms with Crippen molar-refractivity contribution in [3.63, 3.8) is 0 Å². The molecule has 8 heteroatoms. The molecule has 0 unspecified atom stereocenters. The summed E-state index contributed by atoms with van der Waals surface area (Å²) in [6.45, 7) is 1.78. The molecule has 0 atom stereocenters. The van der Waals surface area contributed by atoms with Crippen molar-refractivity contribution < 1.29 is 23.1 Å². The predicted molar refractivity (Wildman–Crippen MR) is 110 cm³/mol. The van der Waals surface area contributed by atoms with E-state index in [0.29, 0.717) is 11.3 Å². The number of benzene rings is 3. The maximum atomic E-state index is 12.8. The molecule has 0 saturated carbocycles. The van der Waals surface area contributed by atoms with Crippen LogP contribution in [0.4, 0.5) is 5.69 Å². The van der Waals surface area contributed by atoms with Gasteiger partial charge in [0.05, 0.1) is 10.9 Å². The van der Waals surface area contributed by atoms with Crippen molar-refractivity contribution in [2.45, 2.75) is 18.4 Å². The van der Waals surface area contributed by atoms with Crippen LogP contribution in [-0.2, 0) is 16.6 Å². The Morgan fingerprint density at radius 1 is 0.900 bits per heavy atom. The lowest BCUT2D eigenvalue weighted by molar-refractivity contribution is -0.255. The lowest BCUT2D eigenvalue weighted by Crippen LogP contribution is -2.24. The number of carbonyl (C=O) groups is 2. The Labute approximate surface area is 174 Å². The topological polar surface area (TPSA) is 115 Å². The fourth-order valence-electron chi connectivity index (χ4n) is 2.78. The third kappa shape index (κ3) is 5.11. The molecule has 0 saturated heterocycles. The van der Waals surface area contributed by atoms with Crippen LogP contribution in [0.15, 0.2) is 77.7 Å². The number of anilines is 1. The molecule has 0 radical (unpaired) electrons. The molecule has 3 aromatic carbocycles. The molecule has 0 aromatic heterocycles. The van der Waals surface area contributed by atoms with E-state index < -0.39 is 21.9 Å². The summed E-state index contributed by atoms with van der Waals surface area (Å²) < 4.78 is 28.1. The first-order chi connectivity index (χ1) is 14.3. The van der Waals surface area contributed by atoms with Crippen LogP contribution in [0, 0.1) is 6.92 Å². The highest BCUT2D eigenvalue weighted by molar-refractivity contribution is 7.89. The summed E-state index contributed by atoms with van der Waals surface area (Å²) in [4.78, 5) is 23.4. The second-order valence-corrected chi connectivity index (χ2v) is 8.34. The third-order valence-corrected chi connectivity index (χ3v) is 5.97. The molecular formula is C22H19N2O5S-. The summed E-state index contributed by atoms with van der Waals surface area (Å²) in [5, 5.41) is 13.4. The summed E-state index contributed by atoms with van der Waals surface area (Å²) in [7, 11) is -3.84. The van der Waals surface area contributed by atoms with E-state index in [9.17, 15) is 23.1 Å². The Morgan fingerprint density at radius 2 is 1.53 bits per heavy atom. The number of rotatable bonds is 7.